The number of fused-ring (bicyclic) bond motifs is 1. The van der Waals surface area contributed by atoms with E-state index in [1.54, 1.807) is 0 Å². The second-order valence-electron chi connectivity index (χ2n) is 7.54. The molecule has 2 heteroatoms. The summed E-state index contributed by atoms with van der Waals surface area (Å²) in [4.78, 5) is 12.5. The highest BCUT2D eigenvalue weighted by Gasteiger charge is 2.37. The fourth-order valence-corrected chi connectivity index (χ4v) is 4.56. The van der Waals surface area contributed by atoms with Gasteiger partial charge in [-0.2, -0.15) is 0 Å². The van der Waals surface area contributed by atoms with Crippen molar-refractivity contribution in [3.63, 3.8) is 0 Å². The fourth-order valence-electron chi connectivity index (χ4n) is 4.56. The summed E-state index contributed by atoms with van der Waals surface area (Å²) in [7, 11) is 0. The quantitative estimate of drug-likeness (QED) is 0.549. The van der Waals surface area contributed by atoms with E-state index in [-0.39, 0.29) is 11.9 Å². The number of hydrogen-bond acceptors (Lipinski definition) is 2. The Bertz CT molecular complexity index is 519. The Morgan fingerprint density at radius 3 is 2.39 bits per heavy atom. The molecule has 0 saturated heterocycles. The molecule has 3 rings (SSSR count). The summed E-state index contributed by atoms with van der Waals surface area (Å²) in [5.74, 6) is 3.35. The van der Waals surface area contributed by atoms with E-state index in [0.29, 0.717) is 5.75 Å². The molecule has 4 atom stereocenters. The molecule has 0 heterocycles. The third-order valence-electron chi connectivity index (χ3n) is 6.18. The van der Waals surface area contributed by atoms with Crippen LogP contribution in [-0.2, 0) is 11.2 Å². The number of esters is 1. The first-order valence-corrected chi connectivity index (χ1v) is 9.50. The minimum Gasteiger partial charge on any atom is -0.426 e. The molecule has 0 amide bonds. The van der Waals surface area contributed by atoms with Crippen molar-refractivity contribution in [3.05, 3.63) is 29.8 Å². The number of carbonyl (C=O) groups excluding carboxylic acids is 1. The van der Waals surface area contributed by atoms with E-state index in [1.807, 2.05) is 24.3 Å². The highest BCUT2D eigenvalue weighted by molar-refractivity contribution is 5.75. The standard InChI is InChI=1S/C21H30O2/c1-3-15-6-11-20(12-7-15)23-21(22)19-10-9-17-13-16(4-2)5-8-18(17)14-19/h6-7,11-12,16-19H,3-5,8-10,13-14H2,1-2H3. The van der Waals surface area contributed by atoms with Gasteiger partial charge in [-0.3, -0.25) is 4.79 Å². The normalized spacial score (nSPS) is 30.5. The maximum absolute atomic E-state index is 12.5. The molecule has 1 aromatic carbocycles. The summed E-state index contributed by atoms with van der Waals surface area (Å²) in [6, 6.07) is 7.95. The minimum absolute atomic E-state index is 0.00897. The molecule has 2 fully saturated rings. The Labute approximate surface area is 140 Å². The van der Waals surface area contributed by atoms with Gasteiger partial charge in [-0.05, 0) is 74.0 Å². The average Bonchev–Trinajstić information content (AvgIpc) is 2.61. The molecule has 1 aromatic rings. The topological polar surface area (TPSA) is 26.3 Å². The molecule has 4 unspecified atom stereocenters. The average molecular weight is 314 g/mol. The molecule has 126 valence electrons. The van der Waals surface area contributed by atoms with Crippen molar-refractivity contribution in [2.45, 2.75) is 65.2 Å². The number of ether oxygens (including phenoxy) is 1. The molecule has 2 aliphatic carbocycles. The second-order valence-corrected chi connectivity index (χ2v) is 7.54. The highest BCUT2D eigenvalue weighted by atomic mass is 16.5. The van der Waals surface area contributed by atoms with Crippen LogP contribution in [0.3, 0.4) is 0 Å². The van der Waals surface area contributed by atoms with E-state index in [0.717, 1.165) is 37.0 Å². The number of carbonyl (C=O) groups is 1. The van der Waals surface area contributed by atoms with E-state index in [1.165, 1.54) is 37.7 Å². The summed E-state index contributed by atoms with van der Waals surface area (Å²) in [5.41, 5.74) is 1.28. The predicted octanol–water partition coefficient (Wildman–Crippen LogP) is 5.40. The van der Waals surface area contributed by atoms with Crippen molar-refractivity contribution >= 4 is 5.97 Å². The van der Waals surface area contributed by atoms with Crippen LogP contribution in [0.5, 0.6) is 5.75 Å². The zero-order valence-electron chi connectivity index (χ0n) is 14.6. The van der Waals surface area contributed by atoms with Crippen LogP contribution in [0.2, 0.25) is 0 Å². The Hall–Kier alpha value is -1.31. The first-order chi connectivity index (χ1) is 11.2. The fraction of sp³-hybridized carbons (Fsp3) is 0.667. The first-order valence-electron chi connectivity index (χ1n) is 9.50. The number of hydrogen-bond donors (Lipinski definition) is 0. The molecule has 2 nitrogen and oxygen atoms in total. The van der Waals surface area contributed by atoms with Gasteiger partial charge in [-0.15, -0.1) is 0 Å². The lowest BCUT2D eigenvalue weighted by Crippen LogP contribution is -2.35. The van der Waals surface area contributed by atoms with Crippen molar-refractivity contribution in [1.82, 2.24) is 0 Å². The summed E-state index contributed by atoms with van der Waals surface area (Å²) < 4.78 is 5.64. The van der Waals surface area contributed by atoms with Crippen LogP contribution < -0.4 is 4.74 Å². The molecule has 2 aliphatic rings. The van der Waals surface area contributed by atoms with Crippen molar-refractivity contribution in [3.8, 4) is 5.75 Å². The van der Waals surface area contributed by atoms with Gasteiger partial charge in [0, 0.05) is 0 Å². The molecule has 0 radical (unpaired) electrons. The first kappa shape index (κ1) is 16.5. The number of rotatable bonds is 4. The largest absolute Gasteiger partial charge is 0.426 e. The second kappa shape index (κ2) is 7.51. The summed E-state index contributed by atoms with van der Waals surface area (Å²) in [6.45, 7) is 4.45. The van der Waals surface area contributed by atoms with Crippen molar-refractivity contribution in [2.75, 3.05) is 0 Å². The number of aryl methyl sites for hydroxylation is 1. The van der Waals surface area contributed by atoms with Crippen molar-refractivity contribution in [2.24, 2.45) is 23.7 Å². The van der Waals surface area contributed by atoms with Crippen molar-refractivity contribution in [1.29, 1.82) is 0 Å². The van der Waals surface area contributed by atoms with Crippen LogP contribution >= 0.6 is 0 Å². The summed E-state index contributed by atoms with van der Waals surface area (Å²) in [5, 5.41) is 0. The predicted molar refractivity (Wildman–Crippen MR) is 93.4 cm³/mol. The third-order valence-corrected chi connectivity index (χ3v) is 6.18. The number of benzene rings is 1. The molecule has 0 N–H and O–H groups in total. The van der Waals surface area contributed by atoms with Crippen LogP contribution in [0.4, 0.5) is 0 Å². The van der Waals surface area contributed by atoms with Gasteiger partial charge in [0.1, 0.15) is 5.75 Å². The van der Waals surface area contributed by atoms with Gasteiger partial charge < -0.3 is 4.74 Å². The maximum atomic E-state index is 12.5. The molecule has 0 bridgehead atoms. The van der Waals surface area contributed by atoms with Gasteiger partial charge in [0.25, 0.3) is 0 Å². The van der Waals surface area contributed by atoms with E-state index < -0.39 is 0 Å². The van der Waals surface area contributed by atoms with E-state index in [2.05, 4.69) is 13.8 Å². The lowest BCUT2D eigenvalue weighted by Gasteiger charge is -2.41. The summed E-state index contributed by atoms with van der Waals surface area (Å²) >= 11 is 0. The summed E-state index contributed by atoms with van der Waals surface area (Å²) in [6.07, 6.45) is 9.69. The molecule has 0 aromatic heterocycles. The Balaban J connectivity index is 1.54. The molecular formula is C21H30O2. The minimum atomic E-state index is -0.00897. The van der Waals surface area contributed by atoms with Gasteiger partial charge in [0.2, 0.25) is 0 Å². The van der Waals surface area contributed by atoms with Crippen LogP contribution in [0.1, 0.15) is 64.4 Å². The zero-order chi connectivity index (χ0) is 16.2. The SMILES string of the molecule is CCc1ccc(OC(=O)C2CCC3CC(CC)CCC3C2)cc1. The van der Waals surface area contributed by atoms with Gasteiger partial charge in [0.05, 0.1) is 5.92 Å². The van der Waals surface area contributed by atoms with Gasteiger partial charge in [-0.1, -0.05) is 38.8 Å². The van der Waals surface area contributed by atoms with Crippen LogP contribution in [0.15, 0.2) is 24.3 Å². The zero-order valence-corrected chi connectivity index (χ0v) is 14.6. The Morgan fingerprint density at radius 1 is 1.00 bits per heavy atom. The lowest BCUT2D eigenvalue weighted by atomic mass is 9.64. The maximum Gasteiger partial charge on any atom is 0.314 e. The van der Waals surface area contributed by atoms with E-state index in [9.17, 15) is 4.79 Å². The smallest absolute Gasteiger partial charge is 0.314 e. The van der Waals surface area contributed by atoms with Crippen LogP contribution in [0.25, 0.3) is 0 Å². The van der Waals surface area contributed by atoms with E-state index in [4.69, 9.17) is 4.74 Å². The lowest BCUT2D eigenvalue weighted by molar-refractivity contribution is -0.141. The molecule has 2 saturated carbocycles. The van der Waals surface area contributed by atoms with Crippen LogP contribution in [0, 0.1) is 23.7 Å². The van der Waals surface area contributed by atoms with Crippen LogP contribution in [-0.4, -0.2) is 5.97 Å². The van der Waals surface area contributed by atoms with Gasteiger partial charge in [0.15, 0.2) is 0 Å². The Morgan fingerprint density at radius 2 is 1.70 bits per heavy atom. The molecule has 0 aliphatic heterocycles. The van der Waals surface area contributed by atoms with E-state index >= 15 is 0 Å². The molecule has 23 heavy (non-hydrogen) atoms. The van der Waals surface area contributed by atoms with Gasteiger partial charge in [-0.25, -0.2) is 0 Å². The highest BCUT2D eigenvalue weighted by Crippen LogP contribution is 2.45. The Kier molecular flexibility index (Phi) is 5.40. The molecule has 0 spiro atoms. The van der Waals surface area contributed by atoms with Crippen molar-refractivity contribution < 1.29 is 9.53 Å². The molecular weight excluding hydrogens is 284 g/mol. The third kappa shape index (κ3) is 3.97. The monoisotopic (exact) mass is 314 g/mol. The van der Waals surface area contributed by atoms with Gasteiger partial charge >= 0.3 is 5.97 Å².